The van der Waals surface area contributed by atoms with Crippen LogP contribution < -0.4 is 0 Å². The van der Waals surface area contributed by atoms with Gasteiger partial charge in [0.15, 0.2) is 11.2 Å². The summed E-state index contributed by atoms with van der Waals surface area (Å²) in [6.45, 7) is 9.65. The maximum atomic E-state index is 14.3. The monoisotopic (exact) mass is 486 g/mol. The zero-order valence-corrected chi connectivity index (χ0v) is 14.8. The third kappa shape index (κ3) is 3.84. The molecule has 0 aliphatic carbocycles. The Bertz CT molecular complexity index is 637. The Labute approximate surface area is 165 Å². The predicted molar refractivity (Wildman–Crippen MR) is 79.2 cm³/mol. The van der Waals surface area contributed by atoms with E-state index in [2.05, 4.69) is 31.1 Å². The highest BCUT2D eigenvalue weighted by atomic mass is 19.4. The molecule has 0 saturated carbocycles. The van der Waals surface area contributed by atoms with Crippen LogP contribution in [0, 0.1) is 0 Å². The van der Waals surface area contributed by atoms with Crippen LogP contribution in [-0.4, -0.2) is 47.2 Å². The van der Waals surface area contributed by atoms with Gasteiger partial charge in [-0.3, -0.25) is 0 Å². The Morgan fingerprint density at radius 3 is 0.710 bits per heavy atom. The average Bonchev–Trinajstić information content (AvgIpc) is 2.61. The molecule has 0 aromatic carbocycles. The van der Waals surface area contributed by atoms with Gasteiger partial charge in [-0.2, -0.15) is 61.5 Å². The van der Waals surface area contributed by atoms with Gasteiger partial charge in [0.05, 0.1) is 0 Å². The molecule has 0 saturated heterocycles. The summed E-state index contributed by atoms with van der Waals surface area (Å²) < 4.78 is 190. The van der Waals surface area contributed by atoms with Crippen LogP contribution in [0.5, 0.6) is 0 Å². The van der Waals surface area contributed by atoms with E-state index in [1.54, 1.807) is 0 Å². The van der Waals surface area contributed by atoms with Crippen molar-refractivity contribution in [2.75, 3.05) is 0 Å². The highest BCUT2D eigenvalue weighted by molar-refractivity contribution is 5.29. The Balaban J connectivity index is 7.14. The molecule has 0 aliphatic rings. The van der Waals surface area contributed by atoms with Crippen molar-refractivity contribution in [2.45, 2.75) is 47.2 Å². The summed E-state index contributed by atoms with van der Waals surface area (Å²) in [5.74, 6) is -27.5. The van der Waals surface area contributed by atoms with Gasteiger partial charge in [0, 0.05) is 0 Å². The normalized spacial score (nSPS) is 15.4. The lowest BCUT2D eigenvalue weighted by Gasteiger charge is -2.47. The lowest BCUT2D eigenvalue weighted by Crippen LogP contribution is -2.70. The van der Waals surface area contributed by atoms with Gasteiger partial charge in [-0.15, -0.1) is 0 Å². The first-order valence-electron chi connectivity index (χ1n) is 7.34. The molecule has 0 N–H and O–H groups in total. The molecule has 0 aliphatic heterocycles. The summed E-state index contributed by atoms with van der Waals surface area (Å²) in [4.78, 5) is 0. The van der Waals surface area contributed by atoms with Crippen LogP contribution in [0.3, 0.4) is 0 Å². The van der Waals surface area contributed by atoms with Crippen molar-refractivity contribution in [3.05, 3.63) is 50.6 Å². The Morgan fingerprint density at radius 2 is 0.581 bits per heavy atom. The molecule has 0 aromatic heterocycles. The zero-order valence-electron chi connectivity index (χ0n) is 14.8. The smallest absolute Gasteiger partial charge is 0.339 e. The number of ether oxygens (including phenoxy) is 1. The van der Waals surface area contributed by atoms with Crippen LogP contribution in [0.2, 0.25) is 0 Å². The fourth-order valence-electron chi connectivity index (χ4n) is 2.10. The fraction of sp³-hybridized carbons (Fsp3) is 0.500. The van der Waals surface area contributed by atoms with E-state index in [0.717, 1.165) is 0 Å². The van der Waals surface area contributed by atoms with Gasteiger partial charge in [0.1, 0.15) is 0 Å². The van der Waals surface area contributed by atoms with Crippen molar-refractivity contribution in [2.24, 2.45) is 0 Å². The van der Waals surface area contributed by atoms with Crippen LogP contribution in [0.15, 0.2) is 50.6 Å². The minimum absolute atomic E-state index is 0.663. The van der Waals surface area contributed by atoms with Crippen molar-refractivity contribution in [1.29, 1.82) is 0 Å². The molecule has 0 spiro atoms. The topological polar surface area (TPSA) is 9.23 Å². The molecule has 0 unspecified atom stereocenters. The summed E-state index contributed by atoms with van der Waals surface area (Å²) in [7, 11) is 0. The molecule has 180 valence electrons. The molecule has 0 bridgehead atoms. The lowest BCUT2D eigenvalue weighted by molar-refractivity contribution is -0.408. The van der Waals surface area contributed by atoms with Crippen LogP contribution in [0.4, 0.5) is 61.5 Å². The molecule has 0 fully saturated rings. The van der Waals surface area contributed by atoms with E-state index < -0.39 is 71.5 Å². The maximum absolute atomic E-state index is 14.3. The summed E-state index contributed by atoms with van der Waals surface area (Å²) in [6, 6.07) is 0. The Morgan fingerprint density at radius 1 is 0.387 bits per heavy atom. The molecule has 1 nitrogen and oxygen atoms in total. The summed E-state index contributed by atoms with van der Waals surface area (Å²) >= 11 is 0. The number of halogens is 14. The molecule has 15 heteroatoms. The van der Waals surface area contributed by atoms with E-state index in [9.17, 15) is 61.5 Å². The van der Waals surface area contributed by atoms with Gasteiger partial charge in [0.25, 0.3) is 0 Å². The van der Waals surface area contributed by atoms with Crippen molar-refractivity contribution >= 4 is 0 Å². The summed E-state index contributed by atoms with van der Waals surface area (Å²) in [5, 5.41) is 0. The van der Waals surface area contributed by atoms with Crippen LogP contribution in [-0.2, 0) is 4.74 Å². The molecule has 0 radical (unpaired) electrons. The first-order valence-corrected chi connectivity index (χ1v) is 7.34. The largest absolute Gasteiger partial charge is 0.460 e. The number of rotatable bonds is 10. The molecule has 0 aromatic rings. The minimum Gasteiger partial charge on any atom is -0.339 e. The molecule has 0 heterocycles. The standard InChI is InChI=1S/C16H12F14O/c1-5-9(6-2,11(17,18)13(21,22)15(25,26)27)31-10(7-3,8-4)12(19,20)14(23,24)16(28,29)30/h5-8H,1-4H2. The Kier molecular flexibility index (Phi) is 7.30. The third-order valence-electron chi connectivity index (χ3n) is 4.03. The van der Waals surface area contributed by atoms with E-state index >= 15 is 0 Å². The van der Waals surface area contributed by atoms with E-state index in [1.807, 2.05) is 0 Å². The lowest BCUT2D eigenvalue weighted by atomic mass is 9.85. The molecular weight excluding hydrogens is 474 g/mol. The molecule has 0 rings (SSSR count). The van der Waals surface area contributed by atoms with E-state index in [0.29, 0.717) is 0 Å². The first-order chi connectivity index (χ1) is 13.4. The summed E-state index contributed by atoms with van der Waals surface area (Å²) in [6.07, 6.45) is -16.8. The maximum Gasteiger partial charge on any atom is 0.460 e. The predicted octanol–water partition coefficient (Wildman–Crippen LogP) is 6.89. The van der Waals surface area contributed by atoms with Gasteiger partial charge in [-0.25, -0.2) is 0 Å². The molecule has 0 atom stereocenters. The number of alkyl halides is 14. The first kappa shape index (κ1) is 28.9. The molecule has 31 heavy (non-hydrogen) atoms. The second-order valence-corrected chi connectivity index (χ2v) is 5.80. The third-order valence-corrected chi connectivity index (χ3v) is 4.03. The fourth-order valence-corrected chi connectivity index (χ4v) is 2.10. The van der Waals surface area contributed by atoms with Crippen molar-refractivity contribution in [3.63, 3.8) is 0 Å². The van der Waals surface area contributed by atoms with Gasteiger partial charge in [-0.05, 0) is 24.3 Å². The van der Waals surface area contributed by atoms with Crippen molar-refractivity contribution < 1.29 is 66.2 Å². The van der Waals surface area contributed by atoms with Crippen molar-refractivity contribution in [3.8, 4) is 0 Å². The average molecular weight is 486 g/mol. The quantitative estimate of drug-likeness (QED) is 0.242. The van der Waals surface area contributed by atoms with Gasteiger partial charge in [-0.1, -0.05) is 26.3 Å². The van der Waals surface area contributed by atoms with Gasteiger partial charge >= 0.3 is 36.0 Å². The van der Waals surface area contributed by atoms with Gasteiger partial charge in [0.2, 0.25) is 0 Å². The SMILES string of the molecule is C=CC(C=C)(OC(C=C)(C=C)C(F)(F)C(F)(F)C(F)(F)F)C(F)(F)C(F)(F)C(F)(F)F. The van der Waals surface area contributed by atoms with Crippen LogP contribution in [0.25, 0.3) is 0 Å². The van der Waals surface area contributed by atoms with E-state index in [-0.39, 0.29) is 0 Å². The van der Waals surface area contributed by atoms with Crippen LogP contribution in [0.1, 0.15) is 0 Å². The van der Waals surface area contributed by atoms with E-state index in [1.165, 1.54) is 0 Å². The molecule has 0 amide bonds. The summed E-state index contributed by atoms with van der Waals surface area (Å²) in [5.41, 5.74) is -9.58. The second kappa shape index (κ2) is 7.81. The van der Waals surface area contributed by atoms with Crippen LogP contribution >= 0.6 is 0 Å². The van der Waals surface area contributed by atoms with Crippen molar-refractivity contribution in [1.82, 2.24) is 0 Å². The molecular formula is C16H12F14O. The van der Waals surface area contributed by atoms with Gasteiger partial charge < -0.3 is 4.74 Å². The minimum atomic E-state index is -7.10. The number of hydrogen-bond acceptors (Lipinski definition) is 1. The van der Waals surface area contributed by atoms with E-state index in [4.69, 9.17) is 0 Å². The highest BCUT2D eigenvalue weighted by Crippen LogP contribution is 2.58. The zero-order chi connectivity index (χ0) is 25.5. The second-order valence-electron chi connectivity index (χ2n) is 5.80. The Hall–Kier alpha value is -2.06. The highest BCUT2D eigenvalue weighted by Gasteiger charge is 2.83. The number of hydrogen-bond donors (Lipinski definition) is 0.